The first kappa shape index (κ1) is 17.0. The Bertz CT molecular complexity index is 751. The first-order valence-electron chi connectivity index (χ1n) is 8.17. The molecule has 0 bridgehead atoms. The Morgan fingerprint density at radius 3 is 2.84 bits per heavy atom. The number of carbonyl (C=O) groups is 1. The number of nitrogens with zero attached hydrogens (tertiary/aromatic N) is 4. The summed E-state index contributed by atoms with van der Waals surface area (Å²) in [6, 6.07) is 9.06. The van der Waals surface area contributed by atoms with Crippen LogP contribution < -0.4 is 14.4 Å². The van der Waals surface area contributed by atoms with E-state index in [1.165, 1.54) is 6.33 Å². The molecule has 1 aliphatic heterocycles. The highest BCUT2D eigenvalue weighted by Gasteiger charge is 2.29. The van der Waals surface area contributed by atoms with Crippen LogP contribution in [0.4, 0.5) is 5.82 Å². The summed E-state index contributed by atoms with van der Waals surface area (Å²) in [4.78, 5) is 24.7. The molecule has 1 aromatic carbocycles. The Labute approximate surface area is 147 Å². The van der Waals surface area contributed by atoms with E-state index < -0.39 is 0 Å². The van der Waals surface area contributed by atoms with Gasteiger partial charge in [-0.25, -0.2) is 9.97 Å². The average Bonchev–Trinajstić information content (AvgIpc) is 3.09. The summed E-state index contributed by atoms with van der Waals surface area (Å²) in [5, 5.41) is 0. The van der Waals surface area contributed by atoms with Crippen molar-refractivity contribution in [1.82, 2.24) is 14.9 Å². The minimum absolute atomic E-state index is 0.0415. The van der Waals surface area contributed by atoms with Crippen LogP contribution in [-0.4, -0.2) is 61.2 Å². The number of ether oxygens (including phenoxy) is 2. The molecule has 132 valence electrons. The molecule has 1 atom stereocenters. The van der Waals surface area contributed by atoms with Crippen LogP contribution in [0.1, 0.15) is 16.8 Å². The zero-order valence-corrected chi connectivity index (χ0v) is 14.7. The average molecular weight is 342 g/mol. The van der Waals surface area contributed by atoms with Gasteiger partial charge in [0, 0.05) is 33.1 Å². The van der Waals surface area contributed by atoms with Crippen molar-refractivity contribution in [1.29, 1.82) is 0 Å². The number of para-hydroxylation sites is 1. The van der Waals surface area contributed by atoms with Crippen molar-refractivity contribution in [3.63, 3.8) is 0 Å². The lowest BCUT2D eigenvalue weighted by molar-refractivity contribution is 0.0768. The monoisotopic (exact) mass is 342 g/mol. The van der Waals surface area contributed by atoms with Crippen LogP contribution in [0.5, 0.6) is 11.6 Å². The Balaban J connectivity index is 1.65. The number of anilines is 1. The smallest absolute Gasteiger partial charge is 0.257 e. The van der Waals surface area contributed by atoms with Crippen molar-refractivity contribution in [3.8, 4) is 11.6 Å². The van der Waals surface area contributed by atoms with E-state index in [4.69, 9.17) is 9.47 Å². The minimum Gasteiger partial charge on any atom is -0.496 e. The Kier molecular flexibility index (Phi) is 5.02. The largest absolute Gasteiger partial charge is 0.496 e. The number of benzene rings is 1. The van der Waals surface area contributed by atoms with Crippen molar-refractivity contribution in [2.45, 2.75) is 12.5 Å². The second-order valence-corrected chi connectivity index (χ2v) is 6.09. The normalized spacial score (nSPS) is 16.6. The molecule has 1 aliphatic rings. The molecule has 0 saturated carbocycles. The van der Waals surface area contributed by atoms with Crippen LogP contribution in [0.2, 0.25) is 0 Å². The summed E-state index contributed by atoms with van der Waals surface area (Å²) in [5.74, 6) is 1.85. The molecule has 1 saturated heterocycles. The van der Waals surface area contributed by atoms with E-state index in [0.717, 1.165) is 12.2 Å². The number of amides is 1. The fraction of sp³-hybridized carbons (Fsp3) is 0.389. The summed E-state index contributed by atoms with van der Waals surface area (Å²) in [6.07, 6.45) is 2.17. The van der Waals surface area contributed by atoms with Crippen LogP contribution in [0.15, 0.2) is 36.7 Å². The summed E-state index contributed by atoms with van der Waals surface area (Å²) in [5.41, 5.74) is 0.572. The van der Waals surface area contributed by atoms with Crippen LogP contribution in [0, 0.1) is 0 Å². The summed E-state index contributed by atoms with van der Waals surface area (Å²) < 4.78 is 11.2. The van der Waals surface area contributed by atoms with Gasteiger partial charge in [-0.05, 0) is 12.1 Å². The lowest BCUT2D eigenvalue weighted by atomic mass is 10.2. The van der Waals surface area contributed by atoms with Gasteiger partial charge in [0.25, 0.3) is 5.91 Å². The summed E-state index contributed by atoms with van der Waals surface area (Å²) in [7, 11) is 5.39. The molecule has 0 aliphatic carbocycles. The molecule has 0 N–H and O–H groups in total. The van der Waals surface area contributed by atoms with Gasteiger partial charge in [-0.1, -0.05) is 12.1 Å². The van der Waals surface area contributed by atoms with E-state index in [1.807, 2.05) is 31.1 Å². The van der Waals surface area contributed by atoms with Crippen LogP contribution in [0.3, 0.4) is 0 Å². The SMILES string of the molecule is COc1ccccc1C(=O)N1CC[C@@H](Oc2cc(N(C)C)ncn2)C1. The van der Waals surface area contributed by atoms with Crippen molar-refractivity contribution < 1.29 is 14.3 Å². The second kappa shape index (κ2) is 7.38. The summed E-state index contributed by atoms with van der Waals surface area (Å²) >= 11 is 0. The Morgan fingerprint density at radius 2 is 2.08 bits per heavy atom. The zero-order chi connectivity index (χ0) is 17.8. The fourth-order valence-electron chi connectivity index (χ4n) is 2.81. The maximum absolute atomic E-state index is 12.7. The maximum atomic E-state index is 12.7. The fourth-order valence-corrected chi connectivity index (χ4v) is 2.81. The molecule has 0 spiro atoms. The molecule has 1 fully saturated rings. The van der Waals surface area contributed by atoms with E-state index in [9.17, 15) is 4.79 Å². The number of hydrogen-bond donors (Lipinski definition) is 0. The van der Waals surface area contributed by atoms with Gasteiger partial charge in [-0.15, -0.1) is 0 Å². The molecule has 1 aromatic heterocycles. The lowest BCUT2D eigenvalue weighted by Gasteiger charge is -2.18. The van der Waals surface area contributed by atoms with E-state index in [2.05, 4.69) is 9.97 Å². The molecule has 2 aromatic rings. The molecule has 2 heterocycles. The molecule has 3 rings (SSSR count). The molecular formula is C18H22N4O3. The van der Waals surface area contributed by atoms with E-state index >= 15 is 0 Å². The number of rotatable bonds is 5. The molecular weight excluding hydrogens is 320 g/mol. The molecule has 0 radical (unpaired) electrons. The van der Waals surface area contributed by atoms with Crippen molar-refractivity contribution in [2.75, 3.05) is 39.2 Å². The number of aromatic nitrogens is 2. The predicted molar refractivity (Wildman–Crippen MR) is 94.3 cm³/mol. The third-order valence-corrected chi connectivity index (χ3v) is 4.14. The van der Waals surface area contributed by atoms with Gasteiger partial charge in [-0.2, -0.15) is 0 Å². The van der Waals surface area contributed by atoms with Crippen LogP contribution in [-0.2, 0) is 0 Å². The number of hydrogen-bond acceptors (Lipinski definition) is 6. The lowest BCUT2D eigenvalue weighted by Crippen LogP contribution is -2.31. The van der Waals surface area contributed by atoms with Crippen LogP contribution in [0.25, 0.3) is 0 Å². The minimum atomic E-state index is -0.0800. The third kappa shape index (κ3) is 3.81. The van der Waals surface area contributed by atoms with Gasteiger partial charge in [0.05, 0.1) is 19.2 Å². The van der Waals surface area contributed by atoms with E-state index in [-0.39, 0.29) is 12.0 Å². The standard InChI is InChI=1S/C18H22N4O3/c1-21(2)16-10-17(20-12-19-16)25-13-8-9-22(11-13)18(23)14-6-4-5-7-15(14)24-3/h4-7,10,12-13H,8-9,11H2,1-3H3/t13-/m1/s1. The first-order chi connectivity index (χ1) is 12.1. The number of methoxy groups -OCH3 is 1. The quantitative estimate of drug-likeness (QED) is 0.826. The van der Waals surface area contributed by atoms with Crippen molar-refractivity contribution in [2.24, 2.45) is 0 Å². The van der Waals surface area contributed by atoms with Crippen molar-refractivity contribution >= 4 is 11.7 Å². The highest BCUT2D eigenvalue weighted by atomic mass is 16.5. The third-order valence-electron chi connectivity index (χ3n) is 4.14. The zero-order valence-electron chi connectivity index (χ0n) is 14.7. The van der Waals surface area contributed by atoms with Crippen molar-refractivity contribution in [3.05, 3.63) is 42.2 Å². The molecule has 1 amide bonds. The molecule has 25 heavy (non-hydrogen) atoms. The van der Waals surface area contributed by atoms with Gasteiger partial charge in [0.2, 0.25) is 5.88 Å². The van der Waals surface area contributed by atoms with Gasteiger partial charge in [-0.3, -0.25) is 4.79 Å². The molecule has 7 heteroatoms. The first-order valence-corrected chi connectivity index (χ1v) is 8.17. The number of carbonyl (C=O) groups excluding carboxylic acids is 1. The Morgan fingerprint density at radius 1 is 1.28 bits per heavy atom. The molecule has 7 nitrogen and oxygen atoms in total. The highest BCUT2D eigenvalue weighted by molar-refractivity contribution is 5.97. The van der Waals surface area contributed by atoms with Gasteiger partial charge in [0.15, 0.2) is 0 Å². The van der Waals surface area contributed by atoms with Gasteiger partial charge >= 0.3 is 0 Å². The van der Waals surface area contributed by atoms with E-state index in [1.54, 1.807) is 30.2 Å². The Hall–Kier alpha value is -2.83. The maximum Gasteiger partial charge on any atom is 0.257 e. The molecule has 0 unspecified atom stereocenters. The number of likely N-dealkylation sites (tertiary alicyclic amines) is 1. The predicted octanol–water partition coefficient (Wildman–Crippen LogP) is 1.84. The highest BCUT2D eigenvalue weighted by Crippen LogP contribution is 2.24. The van der Waals surface area contributed by atoms with E-state index in [0.29, 0.717) is 30.3 Å². The van der Waals surface area contributed by atoms with Gasteiger partial charge in [0.1, 0.15) is 24.0 Å². The summed E-state index contributed by atoms with van der Waals surface area (Å²) in [6.45, 7) is 1.17. The second-order valence-electron chi connectivity index (χ2n) is 6.09. The van der Waals surface area contributed by atoms with Crippen LogP contribution >= 0.6 is 0 Å². The topological polar surface area (TPSA) is 67.8 Å². The van der Waals surface area contributed by atoms with Gasteiger partial charge < -0.3 is 19.3 Å².